The molecule has 2 amide bonds. The average molecular weight is 545 g/mol. The Kier molecular flexibility index (Phi) is 7.04. The van der Waals surface area contributed by atoms with Crippen LogP contribution in [0.15, 0.2) is 54.9 Å². The molecule has 39 heavy (non-hydrogen) atoms. The molecule has 4 aromatic rings. The van der Waals surface area contributed by atoms with Gasteiger partial charge in [0.15, 0.2) is 5.69 Å². The van der Waals surface area contributed by atoms with Gasteiger partial charge in [-0.2, -0.15) is 23.5 Å². The van der Waals surface area contributed by atoms with Gasteiger partial charge in [-0.3, -0.25) is 4.79 Å². The molecule has 2 aromatic carbocycles. The Morgan fingerprint density at radius 1 is 1.10 bits per heavy atom. The summed E-state index contributed by atoms with van der Waals surface area (Å²) in [5.41, 5.74) is -2.94. The molecule has 4 rings (SSSR count). The van der Waals surface area contributed by atoms with Crippen molar-refractivity contribution in [1.29, 1.82) is 5.26 Å². The second-order valence-corrected chi connectivity index (χ2v) is 8.07. The van der Waals surface area contributed by atoms with Gasteiger partial charge < -0.3 is 19.9 Å². The van der Waals surface area contributed by atoms with E-state index < -0.39 is 46.8 Å². The van der Waals surface area contributed by atoms with Gasteiger partial charge in [0, 0.05) is 37.3 Å². The SMILES string of the molecule is CN(Cc1nccn1-c1ccc(NC(=O)c2cc(C(F)(F)F)nn2-c2ccc(F)c(C#N)c2)c(F)c1)C(=O)O. The summed E-state index contributed by atoms with van der Waals surface area (Å²) in [5, 5.41) is 23.7. The molecular formula is C24H16F5N7O3. The second kappa shape index (κ2) is 10.2. The molecule has 0 saturated carbocycles. The normalized spacial score (nSPS) is 11.2. The third kappa shape index (κ3) is 5.54. The quantitative estimate of drug-likeness (QED) is 0.341. The van der Waals surface area contributed by atoms with Gasteiger partial charge in [0.25, 0.3) is 5.91 Å². The lowest BCUT2D eigenvalue weighted by Crippen LogP contribution is -2.25. The standard InChI is InChI=1S/C24H16F5N7O3/c1-34(23(38)39)12-21-31-6-7-35(21)14-3-5-18(17(26)9-14)32-22(37)19-10-20(24(27,28)29)33-36(19)15-2-4-16(25)13(8-15)11-30/h2-10H,12H2,1H3,(H,32,37)(H,38,39). The van der Waals surface area contributed by atoms with Crippen molar-refractivity contribution in [2.45, 2.75) is 12.7 Å². The van der Waals surface area contributed by atoms with Crippen molar-refractivity contribution in [2.75, 3.05) is 12.4 Å². The van der Waals surface area contributed by atoms with Crippen LogP contribution in [-0.4, -0.2) is 48.4 Å². The first-order valence-electron chi connectivity index (χ1n) is 10.8. The van der Waals surface area contributed by atoms with Gasteiger partial charge in [-0.15, -0.1) is 0 Å². The molecule has 0 aliphatic heterocycles. The molecule has 0 unspecified atom stereocenters. The summed E-state index contributed by atoms with van der Waals surface area (Å²) < 4.78 is 70.8. The van der Waals surface area contributed by atoms with Crippen molar-refractivity contribution >= 4 is 17.7 Å². The number of carbonyl (C=O) groups excluding carboxylic acids is 1. The first kappa shape index (κ1) is 26.8. The van der Waals surface area contributed by atoms with Gasteiger partial charge in [-0.05, 0) is 30.3 Å². The Bertz CT molecular complexity index is 1620. The number of rotatable bonds is 6. The average Bonchev–Trinajstić information content (AvgIpc) is 3.53. The Labute approximate surface area is 216 Å². The van der Waals surface area contributed by atoms with Crippen LogP contribution < -0.4 is 5.32 Å². The fourth-order valence-electron chi connectivity index (χ4n) is 3.52. The zero-order valence-electron chi connectivity index (χ0n) is 19.7. The van der Waals surface area contributed by atoms with Crippen LogP contribution in [0.4, 0.5) is 32.4 Å². The number of nitrogens with one attached hydrogen (secondary N) is 1. The number of halogens is 5. The van der Waals surface area contributed by atoms with Crippen molar-refractivity contribution in [2.24, 2.45) is 0 Å². The summed E-state index contributed by atoms with van der Waals surface area (Å²) in [4.78, 5) is 29.1. The number of carboxylic acid groups (broad SMARTS) is 1. The minimum absolute atomic E-state index is 0.106. The van der Waals surface area contributed by atoms with Crippen LogP contribution in [-0.2, 0) is 12.7 Å². The van der Waals surface area contributed by atoms with E-state index in [4.69, 9.17) is 10.4 Å². The molecule has 15 heteroatoms. The highest BCUT2D eigenvalue weighted by Crippen LogP contribution is 2.30. The number of amides is 2. The Hall–Kier alpha value is -5.26. The fraction of sp³-hybridized carbons (Fsp3) is 0.125. The highest BCUT2D eigenvalue weighted by Gasteiger charge is 2.36. The first-order valence-corrected chi connectivity index (χ1v) is 10.8. The topological polar surface area (TPSA) is 129 Å². The molecule has 0 aliphatic rings. The van der Waals surface area contributed by atoms with Gasteiger partial charge in [0.1, 0.15) is 29.2 Å². The van der Waals surface area contributed by atoms with E-state index in [2.05, 4.69) is 15.4 Å². The van der Waals surface area contributed by atoms with Crippen molar-refractivity contribution < 1.29 is 36.6 Å². The predicted molar refractivity (Wildman–Crippen MR) is 124 cm³/mol. The molecule has 2 aromatic heterocycles. The molecule has 0 atom stereocenters. The molecule has 10 nitrogen and oxygen atoms in total. The third-order valence-corrected chi connectivity index (χ3v) is 5.45. The number of hydrogen-bond donors (Lipinski definition) is 2. The summed E-state index contributed by atoms with van der Waals surface area (Å²) in [6.07, 6.45) is -3.30. The van der Waals surface area contributed by atoms with E-state index in [-0.39, 0.29) is 29.4 Å². The van der Waals surface area contributed by atoms with Gasteiger partial charge in [0.05, 0.1) is 23.5 Å². The van der Waals surface area contributed by atoms with Gasteiger partial charge >= 0.3 is 12.3 Å². The largest absolute Gasteiger partial charge is 0.465 e. The third-order valence-electron chi connectivity index (χ3n) is 5.45. The lowest BCUT2D eigenvalue weighted by Gasteiger charge is -2.15. The zero-order chi connectivity index (χ0) is 28.5. The monoisotopic (exact) mass is 545 g/mol. The van der Waals surface area contributed by atoms with Crippen molar-refractivity contribution in [3.63, 3.8) is 0 Å². The maximum atomic E-state index is 15.0. The summed E-state index contributed by atoms with van der Waals surface area (Å²) in [6, 6.07) is 8.31. The summed E-state index contributed by atoms with van der Waals surface area (Å²) in [7, 11) is 1.32. The van der Waals surface area contributed by atoms with E-state index in [0.29, 0.717) is 10.7 Å². The van der Waals surface area contributed by atoms with Crippen LogP contribution in [0, 0.1) is 23.0 Å². The number of carbonyl (C=O) groups is 2. The number of hydrogen-bond acceptors (Lipinski definition) is 5. The number of imidazole rings is 1. The molecular weight excluding hydrogens is 529 g/mol. The van der Waals surface area contributed by atoms with E-state index >= 15 is 0 Å². The molecule has 0 saturated heterocycles. The Morgan fingerprint density at radius 2 is 1.82 bits per heavy atom. The van der Waals surface area contributed by atoms with Crippen molar-refractivity contribution in [1.82, 2.24) is 24.2 Å². The zero-order valence-corrected chi connectivity index (χ0v) is 19.7. The van der Waals surface area contributed by atoms with Crippen LogP contribution in [0.5, 0.6) is 0 Å². The van der Waals surface area contributed by atoms with Crippen LogP contribution in [0.1, 0.15) is 27.6 Å². The molecule has 0 spiro atoms. The molecule has 2 N–H and O–H groups in total. The summed E-state index contributed by atoms with van der Waals surface area (Å²) >= 11 is 0. The van der Waals surface area contributed by atoms with Gasteiger partial charge in [0.2, 0.25) is 0 Å². The number of nitrogens with zero attached hydrogens (tertiary/aromatic N) is 6. The van der Waals surface area contributed by atoms with E-state index in [1.54, 1.807) is 6.07 Å². The number of anilines is 1. The van der Waals surface area contributed by atoms with Crippen LogP contribution in [0.3, 0.4) is 0 Å². The first-order chi connectivity index (χ1) is 18.4. The minimum atomic E-state index is -4.94. The molecule has 0 aliphatic carbocycles. The number of alkyl halides is 3. The predicted octanol–water partition coefficient (Wildman–Crippen LogP) is 4.59. The molecule has 200 valence electrons. The van der Waals surface area contributed by atoms with Crippen molar-refractivity contribution in [3.05, 3.63) is 89.3 Å². The van der Waals surface area contributed by atoms with Crippen LogP contribution in [0.2, 0.25) is 0 Å². The summed E-state index contributed by atoms with van der Waals surface area (Å²) in [6.45, 7) is -0.106. The lowest BCUT2D eigenvalue weighted by atomic mass is 10.2. The molecule has 2 heterocycles. The van der Waals surface area contributed by atoms with Gasteiger partial charge in [-0.1, -0.05) is 0 Å². The van der Waals surface area contributed by atoms with E-state index in [1.165, 1.54) is 30.1 Å². The Balaban J connectivity index is 1.66. The highest BCUT2D eigenvalue weighted by molar-refractivity contribution is 6.03. The second-order valence-electron chi connectivity index (χ2n) is 8.07. The minimum Gasteiger partial charge on any atom is -0.465 e. The fourth-order valence-corrected chi connectivity index (χ4v) is 3.52. The van der Waals surface area contributed by atoms with Gasteiger partial charge in [-0.25, -0.2) is 23.2 Å². The van der Waals surface area contributed by atoms with E-state index in [0.717, 1.165) is 35.2 Å². The molecule has 0 radical (unpaired) electrons. The van der Waals surface area contributed by atoms with E-state index in [1.807, 2.05) is 0 Å². The smallest absolute Gasteiger partial charge is 0.435 e. The number of benzene rings is 2. The summed E-state index contributed by atoms with van der Waals surface area (Å²) in [5.74, 6) is -2.77. The van der Waals surface area contributed by atoms with E-state index in [9.17, 15) is 31.5 Å². The Morgan fingerprint density at radius 3 is 2.46 bits per heavy atom. The molecule has 0 fully saturated rings. The highest BCUT2D eigenvalue weighted by atomic mass is 19.4. The maximum absolute atomic E-state index is 15.0. The number of nitriles is 1. The van der Waals surface area contributed by atoms with Crippen LogP contribution >= 0.6 is 0 Å². The number of aromatic nitrogens is 4. The molecule has 0 bridgehead atoms. The van der Waals surface area contributed by atoms with Crippen LogP contribution in [0.25, 0.3) is 11.4 Å². The van der Waals surface area contributed by atoms with Crippen molar-refractivity contribution in [3.8, 4) is 17.4 Å². The lowest BCUT2D eigenvalue weighted by molar-refractivity contribution is -0.141. The maximum Gasteiger partial charge on any atom is 0.435 e.